The van der Waals surface area contributed by atoms with Crippen molar-refractivity contribution in [1.82, 2.24) is 0 Å². The molecule has 0 fully saturated rings. The molecule has 0 bridgehead atoms. The molecule has 5 nitrogen and oxygen atoms in total. The van der Waals surface area contributed by atoms with Crippen molar-refractivity contribution in [2.45, 2.75) is 0 Å². The third-order valence-corrected chi connectivity index (χ3v) is 1.96. The molecule has 1 aromatic rings. The Morgan fingerprint density at radius 2 is 1.60 bits per heavy atom. The zero-order valence-corrected chi connectivity index (χ0v) is 8.98. The molecule has 0 aromatic heterocycles. The van der Waals surface area contributed by atoms with Gasteiger partial charge in [0.2, 0.25) is 0 Å². The summed E-state index contributed by atoms with van der Waals surface area (Å²) in [7, 11) is 4.69. The molecule has 0 saturated heterocycles. The highest BCUT2D eigenvalue weighted by atomic mass is 16.5. The van der Waals surface area contributed by atoms with Crippen molar-refractivity contribution in [1.29, 1.82) is 0 Å². The second kappa shape index (κ2) is 5.09. The van der Waals surface area contributed by atoms with Crippen molar-refractivity contribution < 1.29 is 14.2 Å². The van der Waals surface area contributed by atoms with Crippen molar-refractivity contribution in [2.24, 2.45) is 10.9 Å². The smallest absolute Gasteiger partial charge is 0.135 e. The van der Waals surface area contributed by atoms with Gasteiger partial charge in [0.25, 0.3) is 0 Å². The first-order valence-electron chi connectivity index (χ1n) is 4.30. The van der Waals surface area contributed by atoms with Crippen molar-refractivity contribution in [3.63, 3.8) is 0 Å². The first kappa shape index (κ1) is 11.2. The molecule has 2 N–H and O–H groups in total. The Labute approximate surface area is 88.4 Å². The maximum absolute atomic E-state index is 5.18. The largest absolute Gasteiger partial charge is 0.496 e. The Hall–Kier alpha value is -1.91. The molecule has 1 aromatic carbocycles. The average Bonchev–Trinajstić information content (AvgIpc) is 2.29. The molecule has 0 aliphatic carbocycles. The summed E-state index contributed by atoms with van der Waals surface area (Å²) in [6.07, 6.45) is 1.47. The van der Waals surface area contributed by atoms with E-state index in [0.29, 0.717) is 22.8 Å². The minimum Gasteiger partial charge on any atom is -0.496 e. The van der Waals surface area contributed by atoms with Gasteiger partial charge in [0.1, 0.15) is 17.2 Å². The molecule has 0 radical (unpaired) electrons. The fraction of sp³-hybridized carbons (Fsp3) is 0.300. The SMILES string of the molecule is COc1cc(OC)c(/C=N\N)c(OC)c1. The standard InChI is InChI=1S/C10H14N2O3/c1-13-7-4-9(14-2)8(6-12-11)10(5-7)15-3/h4-6H,11H2,1-3H3/b12-6-. The minimum atomic E-state index is 0.598. The number of ether oxygens (including phenoxy) is 3. The predicted molar refractivity (Wildman–Crippen MR) is 57.9 cm³/mol. The Kier molecular flexibility index (Phi) is 3.79. The first-order chi connectivity index (χ1) is 7.26. The maximum atomic E-state index is 5.18. The zero-order chi connectivity index (χ0) is 11.3. The number of benzene rings is 1. The highest BCUT2D eigenvalue weighted by molar-refractivity contribution is 5.87. The Bertz CT molecular complexity index is 339. The van der Waals surface area contributed by atoms with Crippen LogP contribution in [0.3, 0.4) is 0 Å². The summed E-state index contributed by atoms with van der Waals surface area (Å²) in [6, 6.07) is 3.47. The second-order valence-corrected chi connectivity index (χ2v) is 2.72. The molecule has 15 heavy (non-hydrogen) atoms. The van der Waals surface area contributed by atoms with Crippen LogP contribution >= 0.6 is 0 Å². The van der Waals surface area contributed by atoms with Crippen LogP contribution in [0.15, 0.2) is 17.2 Å². The van der Waals surface area contributed by atoms with Crippen molar-refractivity contribution in [3.8, 4) is 17.2 Å². The van der Waals surface area contributed by atoms with Gasteiger partial charge in [-0.25, -0.2) is 0 Å². The summed E-state index contributed by atoms with van der Waals surface area (Å²) in [5.41, 5.74) is 0.684. The number of methoxy groups -OCH3 is 3. The van der Waals surface area contributed by atoms with E-state index < -0.39 is 0 Å². The van der Waals surface area contributed by atoms with Crippen LogP contribution in [-0.2, 0) is 0 Å². The van der Waals surface area contributed by atoms with Crippen LogP contribution in [0.2, 0.25) is 0 Å². The lowest BCUT2D eigenvalue weighted by molar-refractivity contribution is 0.374. The highest BCUT2D eigenvalue weighted by Crippen LogP contribution is 2.32. The van der Waals surface area contributed by atoms with E-state index >= 15 is 0 Å². The van der Waals surface area contributed by atoms with E-state index in [1.54, 1.807) is 33.5 Å². The summed E-state index contributed by atoms with van der Waals surface area (Å²) in [6.45, 7) is 0. The molecule has 0 amide bonds. The molecule has 0 aliphatic rings. The molecule has 0 unspecified atom stereocenters. The number of nitrogens with zero attached hydrogens (tertiary/aromatic N) is 1. The molecule has 82 valence electrons. The Morgan fingerprint density at radius 3 is 1.93 bits per heavy atom. The Morgan fingerprint density at radius 1 is 1.07 bits per heavy atom. The van der Waals surface area contributed by atoms with Crippen LogP contribution in [-0.4, -0.2) is 27.5 Å². The van der Waals surface area contributed by atoms with Crippen LogP contribution in [0.1, 0.15) is 5.56 Å². The minimum absolute atomic E-state index is 0.598. The summed E-state index contributed by atoms with van der Waals surface area (Å²) < 4.78 is 15.4. The van der Waals surface area contributed by atoms with Gasteiger partial charge < -0.3 is 20.1 Å². The Balaban J connectivity index is 3.32. The van der Waals surface area contributed by atoms with E-state index in [0.717, 1.165) is 0 Å². The van der Waals surface area contributed by atoms with Gasteiger partial charge in [0, 0.05) is 12.1 Å². The van der Waals surface area contributed by atoms with Crippen molar-refractivity contribution >= 4 is 6.21 Å². The number of hydrazone groups is 1. The van der Waals surface area contributed by atoms with Gasteiger partial charge in [-0.2, -0.15) is 5.10 Å². The zero-order valence-electron chi connectivity index (χ0n) is 8.98. The molecule has 0 heterocycles. The van der Waals surface area contributed by atoms with Crippen LogP contribution in [0.25, 0.3) is 0 Å². The normalized spacial score (nSPS) is 10.3. The molecular formula is C10H14N2O3. The van der Waals surface area contributed by atoms with E-state index in [1.165, 1.54) is 6.21 Å². The monoisotopic (exact) mass is 210 g/mol. The van der Waals surface area contributed by atoms with Gasteiger partial charge in [-0.1, -0.05) is 0 Å². The van der Waals surface area contributed by atoms with Crippen LogP contribution < -0.4 is 20.1 Å². The summed E-state index contributed by atoms with van der Waals surface area (Å²) >= 11 is 0. The molecule has 0 spiro atoms. The molecule has 0 saturated carbocycles. The third-order valence-electron chi connectivity index (χ3n) is 1.96. The van der Waals surface area contributed by atoms with Gasteiger partial charge in [-0.05, 0) is 0 Å². The lowest BCUT2D eigenvalue weighted by Gasteiger charge is -2.11. The number of hydrogen-bond donors (Lipinski definition) is 1. The molecule has 5 heteroatoms. The third kappa shape index (κ3) is 2.31. The molecule has 1 rings (SSSR count). The summed E-state index contributed by atoms with van der Waals surface area (Å²) in [5.74, 6) is 6.95. The maximum Gasteiger partial charge on any atom is 0.135 e. The molecular weight excluding hydrogens is 196 g/mol. The van der Waals surface area contributed by atoms with Crippen molar-refractivity contribution in [2.75, 3.05) is 21.3 Å². The summed E-state index contributed by atoms with van der Waals surface area (Å²) in [4.78, 5) is 0. The van der Waals surface area contributed by atoms with Gasteiger partial charge in [-0.3, -0.25) is 0 Å². The highest BCUT2D eigenvalue weighted by Gasteiger charge is 2.10. The first-order valence-corrected chi connectivity index (χ1v) is 4.30. The van der Waals surface area contributed by atoms with Gasteiger partial charge in [0.15, 0.2) is 0 Å². The van der Waals surface area contributed by atoms with Gasteiger partial charge in [0.05, 0.1) is 33.1 Å². The quantitative estimate of drug-likeness (QED) is 0.457. The number of rotatable bonds is 4. The molecule has 0 aliphatic heterocycles. The molecule has 0 atom stereocenters. The average molecular weight is 210 g/mol. The lowest BCUT2D eigenvalue weighted by atomic mass is 10.2. The fourth-order valence-corrected chi connectivity index (χ4v) is 1.23. The van der Waals surface area contributed by atoms with E-state index in [1.807, 2.05) is 0 Å². The van der Waals surface area contributed by atoms with Gasteiger partial charge in [-0.15, -0.1) is 0 Å². The predicted octanol–water partition coefficient (Wildman–Crippen LogP) is 1.01. The second-order valence-electron chi connectivity index (χ2n) is 2.72. The van der Waals surface area contributed by atoms with E-state index in [-0.39, 0.29) is 0 Å². The topological polar surface area (TPSA) is 66.1 Å². The van der Waals surface area contributed by atoms with Crippen LogP contribution in [0.5, 0.6) is 17.2 Å². The van der Waals surface area contributed by atoms with E-state index in [4.69, 9.17) is 20.1 Å². The van der Waals surface area contributed by atoms with E-state index in [2.05, 4.69) is 5.10 Å². The number of nitrogens with two attached hydrogens (primary N) is 1. The van der Waals surface area contributed by atoms with Crippen molar-refractivity contribution in [3.05, 3.63) is 17.7 Å². The van der Waals surface area contributed by atoms with Crippen LogP contribution in [0.4, 0.5) is 0 Å². The number of hydrogen-bond acceptors (Lipinski definition) is 5. The van der Waals surface area contributed by atoms with Crippen LogP contribution in [0, 0.1) is 0 Å². The lowest BCUT2D eigenvalue weighted by Crippen LogP contribution is -1.98. The van der Waals surface area contributed by atoms with Gasteiger partial charge >= 0.3 is 0 Å². The summed E-state index contributed by atoms with van der Waals surface area (Å²) in [5, 5.41) is 3.45. The van der Waals surface area contributed by atoms with E-state index in [9.17, 15) is 0 Å². The fourth-order valence-electron chi connectivity index (χ4n) is 1.23.